The summed E-state index contributed by atoms with van der Waals surface area (Å²) in [6, 6.07) is 20.4. The van der Waals surface area contributed by atoms with E-state index in [2.05, 4.69) is 0 Å². The van der Waals surface area contributed by atoms with Gasteiger partial charge in [0.15, 0.2) is 11.5 Å². The van der Waals surface area contributed by atoms with Crippen molar-refractivity contribution in [3.05, 3.63) is 72.3 Å². The van der Waals surface area contributed by atoms with Gasteiger partial charge >= 0.3 is 5.97 Å². The Morgan fingerprint density at radius 3 is 1.78 bits per heavy atom. The molecular weight excluding hydrogens is 344 g/mol. The lowest BCUT2D eigenvalue weighted by molar-refractivity contribution is 0.0734. The van der Waals surface area contributed by atoms with E-state index < -0.39 is 5.97 Å². The molecule has 0 heterocycles. The van der Waals surface area contributed by atoms with Gasteiger partial charge in [-0.05, 0) is 35.4 Å². The number of carbonyl (C=O) groups is 1. The zero-order chi connectivity index (χ0) is 19.2. The normalized spacial score (nSPS) is 10.2. The molecule has 138 valence electrons. The molecule has 3 aromatic rings. The molecule has 0 bridgehead atoms. The average Bonchev–Trinajstić information content (AvgIpc) is 2.73. The molecule has 0 spiro atoms. The van der Waals surface area contributed by atoms with Crippen molar-refractivity contribution in [3.63, 3.8) is 0 Å². The summed E-state index contributed by atoms with van der Waals surface area (Å²) in [5.41, 5.74) is 2.44. The van der Waals surface area contributed by atoms with Crippen LogP contribution < -0.4 is 18.9 Å². The number of benzene rings is 3. The third-order valence-corrected chi connectivity index (χ3v) is 4.07. The summed E-state index contributed by atoms with van der Waals surface area (Å²) in [4.78, 5) is 12.5. The first-order chi connectivity index (χ1) is 13.2. The molecule has 5 nitrogen and oxygen atoms in total. The number of carbonyl (C=O) groups excluding carboxylic acids is 1. The Bertz CT molecular complexity index is 892. The first kappa shape index (κ1) is 18.3. The van der Waals surface area contributed by atoms with Gasteiger partial charge in [-0.1, -0.05) is 42.5 Å². The van der Waals surface area contributed by atoms with Gasteiger partial charge in [-0.2, -0.15) is 0 Å². The molecule has 0 aromatic heterocycles. The Balaban J connectivity index is 1.81. The maximum absolute atomic E-state index is 12.5. The molecule has 0 aliphatic rings. The number of hydrogen-bond donors (Lipinski definition) is 0. The number of esters is 1. The predicted octanol–water partition coefficient (Wildman–Crippen LogP) is 4.60. The summed E-state index contributed by atoms with van der Waals surface area (Å²) >= 11 is 0. The Kier molecular flexibility index (Phi) is 5.61. The molecule has 3 aromatic carbocycles. The molecule has 27 heavy (non-hydrogen) atoms. The van der Waals surface area contributed by atoms with Crippen LogP contribution >= 0.6 is 0 Å². The van der Waals surface area contributed by atoms with Gasteiger partial charge in [-0.15, -0.1) is 0 Å². The zero-order valence-electron chi connectivity index (χ0n) is 15.4. The minimum absolute atomic E-state index is 0.302. The quantitative estimate of drug-likeness (QED) is 0.473. The van der Waals surface area contributed by atoms with Crippen molar-refractivity contribution < 1.29 is 23.7 Å². The smallest absolute Gasteiger partial charge is 0.343 e. The van der Waals surface area contributed by atoms with E-state index in [0.29, 0.717) is 28.6 Å². The van der Waals surface area contributed by atoms with Crippen LogP contribution in [-0.2, 0) is 0 Å². The van der Waals surface area contributed by atoms with E-state index in [1.54, 1.807) is 24.3 Å². The molecule has 0 radical (unpaired) electrons. The lowest BCUT2D eigenvalue weighted by Gasteiger charge is -2.13. The molecule has 0 unspecified atom stereocenters. The number of methoxy groups -OCH3 is 3. The van der Waals surface area contributed by atoms with Crippen LogP contribution in [0.1, 0.15) is 10.4 Å². The van der Waals surface area contributed by atoms with Gasteiger partial charge in [0.05, 0.1) is 26.9 Å². The van der Waals surface area contributed by atoms with Crippen molar-refractivity contribution >= 4 is 5.97 Å². The van der Waals surface area contributed by atoms with Crippen LogP contribution in [0.3, 0.4) is 0 Å². The second-order valence-electron chi connectivity index (χ2n) is 5.69. The van der Waals surface area contributed by atoms with Gasteiger partial charge in [0.2, 0.25) is 5.75 Å². The average molecular weight is 364 g/mol. The van der Waals surface area contributed by atoms with Gasteiger partial charge in [-0.3, -0.25) is 0 Å². The fraction of sp³-hybridized carbons (Fsp3) is 0.136. The van der Waals surface area contributed by atoms with E-state index >= 15 is 0 Å². The summed E-state index contributed by atoms with van der Waals surface area (Å²) < 4.78 is 21.3. The van der Waals surface area contributed by atoms with E-state index in [1.807, 2.05) is 42.5 Å². The lowest BCUT2D eigenvalue weighted by Crippen LogP contribution is -2.09. The highest BCUT2D eigenvalue weighted by Gasteiger charge is 2.18. The van der Waals surface area contributed by atoms with E-state index in [4.69, 9.17) is 18.9 Å². The highest BCUT2D eigenvalue weighted by molar-refractivity contribution is 5.92. The first-order valence-corrected chi connectivity index (χ1v) is 8.34. The lowest BCUT2D eigenvalue weighted by atomic mass is 10.1. The molecule has 5 heteroatoms. The molecule has 3 rings (SSSR count). The third kappa shape index (κ3) is 4.03. The third-order valence-electron chi connectivity index (χ3n) is 4.07. The van der Waals surface area contributed by atoms with Crippen molar-refractivity contribution in [3.8, 4) is 34.1 Å². The molecule has 0 amide bonds. The summed E-state index contributed by atoms with van der Waals surface area (Å²) in [5, 5.41) is 0. The minimum Gasteiger partial charge on any atom is -0.493 e. The Morgan fingerprint density at radius 1 is 0.704 bits per heavy atom. The van der Waals surface area contributed by atoms with Gasteiger partial charge in [0.1, 0.15) is 5.75 Å². The maximum Gasteiger partial charge on any atom is 0.343 e. The number of hydrogen-bond acceptors (Lipinski definition) is 5. The minimum atomic E-state index is -0.512. The molecule has 0 saturated carbocycles. The van der Waals surface area contributed by atoms with Crippen LogP contribution in [0.5, 0.6) is 23.0 Å². The van der Waals surface area contributed by atoms with E-state index in [0.717, 1.165) is 11.1 Å². The number of ether oxygens (including phenoxy) is 4. The van der Waals surface area contributed by atoms with E-state index in [1.165, 1.54) is 21.3 Å². The van der Waals surface area contributed by atoms with E-state index in [-0.39, 0.29) is 0 Å². The summed E-state index contributed by atoms with van der Waals surface area (Å²) in [6.07, 6.45) is 0. The molecule has 0 atom stereocenters. The van der Waals surface area contributed by atoms with Gasteiger partial charge in [-0.25, -0.2) is 4.79 Å². The van der Waals surface area contributed by atoms with Gasteiger partial charge in [0, 0.05) is 0 Å². The standard InChI is InChI=1S/C22H20O5/c1-24-19-13-17(14-20(25-2)21(19)26-3)22(23)27-18-11-9-16(10-12-18)15-7-5-4-6-8-15/h4-14H,1-3H3. The SMILES string of the molecule is COc1cc(C(=O)Oc2ccc(-c3ccccc3)cc2)cc(OC)c1OC. The van der Waals surface area contributed by atoms with Gasteiger partial charge < -0.3 is 18.9 Å². The van der Waals surface area contributed by atoms with E-state index in [9.17, 15) is 4.79 Å². The molecular formula is C22H20O5. The second-order valence-corrected chi connectivity index (χ2v) is 5.69. The Morgan fingerprint density at radius 2 is 1.26 bits per heavy atom. The number of rotatable bonds is 6. The molecule has 0 aliphatic carbocycles. The fourth-order valence-corrected chi connectivity index (χ4v) is 2.71. The van der Waals surface area contributed by atoms with Crippen molar-refractivity contribution in [1.82, 2.24) is 0 Å². The summed E-state index contributed by atoms with van der Waals surface area (Å²) in [6.45, 7) is 0. The fourth-order valence-electron chi connectivity index (χ4n) is 2.71. The summed E-state index contributed by atoms with van der Waals surface area (Å²) in [5.74, 6) is 1.14. The van der Waals surface area contributed by atoms with Crippen LogP contribution in [0.2, 0.25) is 0 Å². The van der Waals surface area contributed by atoms with Crippen molar-refractivity contribution in [2.24, 2.45) is 0 Å². The monoisotopic (exact) mass is 364 g/mol. The molecule has 0 fully saturated rings. The van der Waals surface area contributed by atoms with Gasteiger partial charge in [0.25, 0.3) is 0 Å². The zero-order valence-corrected chi connectivity index (χ0v) is 15.4. The Labute approximate surface area is 158 Å². The summed E-state index contributed by atoms with van der Waals surface area (Å²) in [7, 11) is 4.50. The highest BCUT2D eigenvalue weighted by Crippen LogP contribution is 2.38. The molecule has 0 saturated heterocycles. The van der Waals surface area contributed by atoms with Crippen LogP contribution in [0.4, 0.5) is 0 Å². The van der Waals surface area contributed by atoms with Crippen molar-refractivity contribution in [1.29, 1.82) is 0 Å². The first-order valence-electron chi connectivity index (χ1n) is 8.34. The van der Waals surface area contributed by atoms with Crippen molar-refractivity contribution in [2.45, 2.75) is 0 Å². The topological polar surface area (TPSA) is 54.0 Å². The van der Waals surface area contributed by atoms with Crippen LogP contribution in [0, 0.1) is 0 Å². The van der Waals surface area contributed by atoms with Crippen LogP contribution in [-0.4, -0.2) is 27.3 Å². The predicted molar refractivity (Wildman–Crippen MR) is 103 cm³/mol. The molecule has 0 aliphatic heterocycles. The Hall–Kier alpha value is -3.47. The maximum atomic E-state index is 12.5. The second kappa shape index (κ2) is 8.27. The van der Waals surface area contributed by atoms with Crippen molar-refractivity contribution in [2.75, 3.05) is 21.3 Å². The highest BCUT2D eigenvalue weighted by atomic mass is 16.5. The van der Waals surface area contributed by atoms with Crippen LogP contribution in [0.25, 0.3) is 11.1 Å². The molecule has 0 N–H and O–H groups in total. The largest absolute Gasteiger partial charge is 0.493 e. The van der Waals surface area contributed by atoms with Crippen LogP contribution in [0.15, 0.2) is 66.7 Å².